The first-order valence-corrected chi connectivity index (χ1v) is 9.25. The number of benzene rings is 1. The fourth-order valence-electron chi connectivity index (χ4n) is 2.88. The molecule has 1 atom stereocenters. The molecule has 1 fully saturated rings. The lowest BCUT2D eigenvalue weighted by molar-refractivity contribution is -0.144. The van der Waals surface area contributed by atoms with Crippen LogP contribution in [-0.4, -0.2) is 48.2 Å². The summed E-state index contributed by atoms with van der Waals surface area (Å²) in [5, 5.41) is 3.25. The zero-order valence-corrected chi connectivity index (χ0v) is 16.0. The topological polar surface area (TPSA) is 67.9 Å². The number of carbonyl (C=O) groups excluding carboxylic acids is 2. The summed E-state index contributed by atoms with van der Waals surface area (Å²) >= 11 is 0. The van der Waals surface area contributed by atoms with Crippen molar-refractivity contribution in [3.63, 3.8) is 0 Å². The quantitative estimate of drug-likeness (QED) is 0.596. The minimum Gasteiger partial charge on any atom is -0.461 e. The van der Waals surface area contributed by atoms with Crippen molar-refractivity contribution < 1.29 is 19.1 Å². The van der Waals surface area contributed by atoms with Gasteiger partial charge in [0.05, 0.1) is 6.42 Å². The van der Waals surface area contributed by atoms with Gasteiger partial charge < -0.3 is 19.7 Å². The summed E-state index contributed by atoms with van der Waals surface area (Å²) in [7, 11) is 0. The van der Waals surface area contributed by atoms with Crippen LogP contribution in [0.3, 0.4) is 0 Å². The van der Waals surface area contributed by atoms with Gasteiger partial charge in [0.25, 0.3) is 0 Å². The molecule has 1 aliphatic rings. The van der Waals surface area contributed by atoms with Crippen molar-refractivity contribution >= 4 is 12.1 Å². The Labute approximate surface area is 155 Å². The van der Waals surface area contributed by atoms with Crippen LogP contribution in [0.1, 0.15) is 45.6 Å². The molecule has 1 N–H and O–H groups in total. The van der Waals surface area contributed by atoms with Crippen molar-refractivity contribution in [1.82, 2.24) is 10.2 Å². The Morgan fingerprint density at radius 3 is 2.65 bits per heavy atom. The number of nitrogens with one attached hydrogen (secondary N) is 1. The minimum absolute atomic E-state index is 0.116. The predicted molar refractivity (Wildman–Crippen MR) is 99.7 cm³/mol. The molecule has 0 saturated carbocycles. The number of carbonyl (C=O) groups is 2. The van der Waals surface area contributed by atoms with Crippen molar-refractivity contribution in [3.05, 3.63) is 35.9 Å². The highest BCUT2D eigenvalue weighted by molar-refractivity contribution is 5.69. The summed E-state index contributed by atoms with van der Waals surface area (Å²) in [6, 6.07) is 9.74. The molecule has 1 saturated heterocycles. The molecule has 144 valence electrons. The second-order valence-electron chi connectivity index (χ2n) is 7.57. The van der Waals surface area contributed by atoms with Gasteiger partial charge in [0.1, 0.15) is 12.2 Å². The maximum atomic E-state index is 12.2. The normalized spacial score (nSPS) is 17.2. The van der Waals surface area contributed by atoms with E-state index in [4.69, 9.17) is 9.47 Å². The number of amides is 1. The van der Waals surface area contributed by atoms with Gasteiger partial charge in [-0.2, -0.15) is 0 Å². The van der Waals surface area contributed by atoms with Gasteiger partial charge in [0.2, 0.25) is 0 Å². The fourth-order valence-corrected chi connectivity index (χ4v) is 2.88. The molecular weight excluding hydrogens is 332 g/mol. The number of nitrogens with zero attached hydrogens (tertiary/aromatic N) is 1. The van der Waals surface area contributed by atoms with E-state index in [2.05, 4.69) is 5.32 Å². The summed E-state index contributed by atoms with van der Waals surface area (Å²) in [6.45, 7) is 7.83. The molecule has 1 heterocycles. The Hall–Kier alpha value is -2.08. The first kappa shape index (κ1) is 20.2. The average Bonchev–Trinajstić information content (AvgIpc) is 3.05. The van der Waals surface area contributed by atoms with E-state index in [9.17, 15) is 9.59 Å². The first-order valence-electron chi connectivity index (χ1n) is 9.25. The fraction of sp³-hybridized carbons (Fsp3) is 0.600. The first-order chi connectivity index (χ1) is 12.3. The highest BCUT2D eigenvalue weighted by atomic mass is 16.6. The van der Waals surface area contributed by atoms with Crippen LogP contribution in [0.4, 0.5) is 4.79 Å². The number of ether oxygens (including phenoxy) is 2. The maximum absolute atomic E-state index is 12.2. The van der Waals surface area contributed by atoms with E-state index < -0.39 is 5.60 Å². The molecule has 0 aromatic heterocycles. The van der Waals surface area contributed by atoms with E-state index >= 15 is 0 Å². The summed E-state index contributed by atoms with van der Waals surface area (Å²) in [5.74, 6) is -0.225. The highest BCUT2D eigenvalue weighted by Crippen LogP contribution is 2.20. The Bertz CT molecular complexity index is 583. The van der Waals surface area contributed by atoms with E-state index in [0.29, 0.717) is 26.1 Å². The van der Waals surface area contributed by atoms with Crippen molar-refractivity contribution in [3.8, 4) is 0 Å². The molecule has 0 radical (unpaired) electrons. The molecule has 6 nitrogen and oxygen atoms in total. The molecule has 2 rings (SSSR count). The lowest BCUT2D eigenvalue weighted by atomic mass is 10.2. The Kier molecular flexibility index (Phi) is 7.45. The Balaban J connectivity index is 1.64. The van der Waals surface area contributed by atoms with Gasteiger partial charge in [0, 0.05) is 25.7 Å². The van der Waals surface area contributed by atoms with Crippen molar-refractivity contribution in [2.75, 3.05) is 19.6 Å². The molecule has 0 aliphatic carbocycles. The molecule has 0 unspecified atom stereocenters. The summed E-state index contributed by atoms with van der Waals surface area (Å²) in [4.78, 5) is 25.8. The van der Waals surface area contributed by atoms with Crippen molar-refractivity contribution in [1.29, 1.82) is 0 Å². The third kappa shape index (κ3) is 7.04. The third-order valence-corrected chi connectivity index (χ3v) is 4.13. The number of hydrogen-bond donors (Lipinski definition) is 1. The molecule has 0 spiro atoms. The van der Waals surface area contributed by atoms with Gasteiger partial charge in [-0.05, 0) is 39.2 Å². The van der Waals surface area contributed by atoms with Gasteiger partial charge in [-0.1, -0.05) is 30.3 Å². The van der Waals surface area contributed by atoms with Gasteiger partial charge in [-0.15, -0.1) is 0 Å². The second kappa shape index (κ2) is 9.57. The molecule has 1 aliphatic heterocycles. The lowest BCUT2D eigenvalue weighted by Gasteiger charge is -2.28. The molecular formula is C20H30N2O4. The van der Waals surface area contributed by atoms with Crippen LogP contribution >= 0.6 is 0 Å². The Morgan fingerprint density at radius 2 is 1.96 bits per heavy atom. The molecule has 1 amide bonds. The van der Waals surface area contributed by atoms with Gasteiger partial charge in [0.15, 0.2) is 0 Å². The van der Waals surface area contributed by atoms with E-state index in [1.807, 2.05) is 51.1 Å². The number of esters is 1. The molecule has 6 heteroatoms. The van der Waals surface area contributed by atoms with Crippen LogP contribution < -0.4 is 5.32 Å². The van der Waals surface area contributed by atoms with Gasteiger partial charge >= 0.3 is 12.1 Å². The second-order valence-corrected chi connectivity index (χ2v) is 7.57. The number of likely N-dealkylation sites (tertiary alicyclic amines) is 1. The molecule has 1 aromatic carbocycles. The highest BCUT2D eigenvalue weighted by Gasteiger charge is 2.31. The maximum Gasteiger partial charge on any atom is 0.410 e. The van der Waals surface area contributed by atoms with Crippen LogP contribution in [0.15, 0.2) is 30.3 Å². The van der Waals surface area contributed by atoms with E-state index in [1.54, 1.807) is 4.90 Å². The monoisotopic (exact) mass is 362 g/mol. The summed E-state index contributed by atoms with van der Waals surface area (Å²) in [5.41, 5.74) is 0.493. The molecule has 0 bridgehead atoms. The van der Waals surface area contributed by atoms with Crippen LogP contribution in [0.5, 0.6) is 0 Å². The van der Waals surface area contributed by atoms with Gasteiger partial charge in [-0.3, -0.25) is 4.79 Å². The minimum atomic E-state index is -0.486. The number of hydrogen-bond acceptors (Lipinski definition) is 5. The van der Waals surface area contributed by atoms with Gasteiger partial charge in [-0.25, -0.2) is 4.79 Å². The predicted octanol–water partition coefficient (Wildman–Crippen LogP) is 3.11. The Morgan fingerprint density at radius 1 is 1.23 bits per heavy atom. The van der Waals surface area contributed by atoms with Crippen molar-refractivity contribution in [2.24, 2.45) is 0 Å². The largest absolute Gasteiger partial charge is 0.461 e. The average molecular weight is 362 g/mol. The van der Waals surface area contributed by atoms with E-state index in [1.165, 1.54) is 0 Å². The van der Waals surface area contributed by atoms with E-state index in [-0.39, 0.29) is 18.1 Å². The summed E-state index contributed by atoms with van der Waals surface area (Å²) in [6.07, 6.45) is 1.98. The van der Waals surface area contributed by atoms with E-state index in [0.717, 1.165) is 24.9 Å². The van der Waals surface area contributed by atoms with Crippen LogP contribution in [0.2, 0.25) is 0 Å². The van der Waals surface area contributed by atoms with Crippen LogP contribution in [0.25, 0.3) is 0 Å². The van der Waals surface area contributed by atoms with Crippen LogP contribution in [-0.2, 0) is 20.9 Å². The standard InChI is InChI=1S/C20H30N2O4/c1-20(2,3)26-19(24)22-13-7-10-17(22)14-21-12-11-18(23)25-15-16-8-5-4-6-9-16/h4-6,8-9,17,21H,7,10-15H2,1-3H3/t17-/m0/s1. The zero-order chi connectivity index (χ0) is 19.0. The van der Waals surface area contributed by atoms with Crippen LogP contribution in [0, 0.1) is 0 Å². The number of rotatable bonds is 7. The SMILES string of the molecule is CC(C)(C)OC(=O)N1CCC[C@H]1CNCCC(=O)OCc1ccccc1. The summed E-state index contributed by atoms with van der Waals surface area (Å²) < 4.78 is 10.7. The third-order valence-electron chi connectivity index (χ3n) is 4.13. The lowest BCUT2D eigenvalue weighted by Crippen LogP contribution is -2.44. The molecule has 26 heavy (non-hydrogen) atoms. The molecule has 1 aromatic rings. The zero-order valence-electron chi connectivity index (χ0n) is 16.0. The smallest absolute Gasteiger partial charge is 0.410 e. The van der Waals surface area contributed by atoms with Crippen molar-refractivity contribution in [2.45, 2.75) is 58.3 Å².